The summed E-state index contributed by atoms with van der Waals surface area (Å²) >= 11 is 0. The Morgan fingerprint density at radius 2 is 1.74 bits per heavy atom. The van der Waals surface area contributed by atoms with Crippen LogP contribution in [0.25, 0.3) is 10.9 Å². The van der Waals surface area contributed by atoms with Gasteiger partial charge in [-0.3, -0.25) is 19.0 Å². The topological polar surface area (TPSA) is 132 Å². The smallest absolute Gasteiger partial charge is 0.261 e. The highest BCUT2D eigenvalue weighted by Crippen LogP contribution is 2.29. The Hall–Kier alpha value is -4.08. The van der Waals surface area contributed by atoms with E-state index in [4.69, 9.17) is 9.47 Å². The summed E-state index contributed by atoms with van der Waals surface area (Å²) in [5.74, 6) is 0.0355. The Morgan fingerprint density at radius 3 is 2.37 bits per heavy atom. The van der Waals surface area contributed by atoms with E-state index >= 15 is 0 Å². The fourth-order valence-electron chi connectivity index (χ4n) is 3.61. The number of hydrogen-bond donors (Lipinski definition) is 3. The van der Waals surface area contributed by atoms with E-state index < -0.39 is 17.5 Å². The fraction of sp³-hybridized carbons (Fsp3) is 0.360. The molecule has 0 aliphatic rings. The summed E-state index contributed by atoms with van der Waals surface area (Å²) in [6.07, 6.45) is 1.87. The molecule has 2 aromatic carbocycles. The van der Waals surface area contributed by atoms with Crippen molar-refractivity contribution < 1.29 is 24.2 Å². The molecule has 0 saturated carbocycles. The Bertz CT molecular complexity index is 1250. The van der Waals surface area contributed by atoms with Crippen LogP contribution in [0.2, 0.25) is 0 Å². The minimum atomic E-state index is -0.768. The number of nitrogens with one attached hydrogen (secondary N) is 2. The number of fused-ring (bicyclic) bond motifs is 1. The van der Waals surface area contributed by atoms with Gasteiger partial charge in [-0.25, -0.2) is 4.98 Å². The van der Waals surface area contributed by atoms with Gasteiger partial charge >= 0.3 is 0 Å². The van der Waals surface area contributed by atoms with Crippen LogP contribution in [0.1, 0.15) is 19.4 Å². The molecule has 1 atom stereocenters. The highest BCUT2D eigenvalue weighted by Gasteiger charge is 2.24. The minimum absolute atomic E-state index is 0.171. The number of methoxy groups -OCH3 is 2. The number of aromatic nitrogens is 2. The first kappa shape index (κ1) is 25.5. The van der Waals surface area contributed by atoms with Crippen LogP contribution in [-0.4, -0.2) is 53.3 Å². The van der Waals surface area contributed by atoms with Crippen LogP contribution in [0.4, 0.5) is 0 Å². The quantitative estimate of drug-likeness (QED) is 0.400. The SMILES string of the molecule is COc1cc2ncn(CC(=O)N[C@H](C(=O)NCCc3ccc(O)cc3)C(C)C)c(=O)c2cc1OC. The van der Waals surface area contributed by atoms with E-state index in [1.165, 1.54) is 31.2 Å². The molecule has 0 spiro atoms. The Labute approximate surface area is 202 Å². The average Bonchev–Trinajstić information content (AvgIpc) is 2.84. The lowest BCUT2D eigenvalue weighted by Crippen LogP contribution is -2.51. The molecule has 2 amide bonds. The van der Waals surface area contributed by atoms with Crippen molar-refractivity contribution in [3.63, 3.8) is 0 Å². The molecule has 0 fully saturated rings. The first-order valence-corrected chi connectivity index (χ1v) is 11.2. The maximum Gasteiger partial charge on any atom is 0.261 e. The van der Waals surface area contributed by atoms with Crippen molar-refractivity contribution in [2.75, 3.05) is 20.8 Å². The second-order valence-corrected chi connectivity index (χ2v) is 8.40. The molecule has 10 heteroatoms. The number of ether oxygens (including phenoxy) is 2. The summed E-state index contributed by atoms with van der Waals surface area (Å²) in [5, 5.41) is 15.2. The number of aromatic hydroxyl groups is 1. The molecule has 0 radical (unpaired) electrons. The second-order valence-electron chi connectivity index (χ2n) is 8.40. The summed E-state index contributed by atoms with van der Waals surface area (Å²) in [7, 11) is 2.96. The molecule has 35 heavy (non-hydrogen) atoms. The standard InChI is InChI=1S/C25H30N4O6/c1-15(2)23(24(32)26-10-9-16-5-7-17(30)8-6-16)28-22(31)13-29-14-27-19-12-21(35-4)20(34-3)11-18(19)25(29)33/h5-8,11-12,14-15,23,30H,9-10,13H2,1-4H3,(H,26,32)(H,28,31)/t23-/m0/s1. The number of carbonyl (C=O) groups excluding carboxylic acids is 2. The van der Waals surface area contributed by atoms with Gasteiger partial charge in [0.2, 0.25) is 11.8 Å². The van der Waals surface area contributed by atoms with Gasteiger partial charge < -0.3 is 25.2 Å². The Kier molecular flexibility index (Phi) is 8.30. The number of rotatable bonds is 10. The van der Waals surface area contributed by atoms with Crippen LogP contribution < -0.4 is 25.7 Å². The molecule has 0 bridgehead atoms. The van der Waals surface area contributed by atoms with Gasteiger partial charge in [0.15, 0.2) is 11.5 Å². The molecular weight excluding hydrogens is 452 g/mol. The predicted molar refractivity (Wildman–Crippen MR) is 131 cm³/mol. The van der Waals surface area contributed by atoms with Crippen LogP contribution in [0.5, 0.6) is 17.2 Å². The Morgan fingerprint density at radius 1 is 1.09 bits per heavy atom. The third-order valence-electron chi connectivity index (χ3n) is 5.56. The molecule has 0 aliphatic heterocycles. The highest BCUT2D eigenvalue weighted by atomic mass is 16.5. The predicted octanol–water partition coefficient (Wildman–Crippen LogP) is 1.62. The molecule has 3 N–H and O–H groups in total. The molecule has 0 unspecified atom stereocenters. The first-order valence-electron chi connectivity index (χ1n) is 11.2. The van der Waals surface area contributed by atoms with E-state index in [1.54, 1.807) is 30.3 Å². The maximum absolute atomic E-state index is 12.9. The van der Waals surface area contributed by atoms with E-state index in [-0.39, 0.29) is 29.5 Å². The van der Waals surface area contributed by atoms with Crippen LogP contribution in [-0.2, 0) is 22.6 Å². The first-order chi connectivity index (χ1) is 16.7. The lowest BCUT2D eigenvalue weighted by atomic mass is 10.0. The van der Waals surface area contributed by atoms with E-state index in [0.29, 0.717) is 30.0 Å². The zero-order chi connectivity index (χ0) is 25.5. The maximum atomic E-state index is 12.9. The van der Waals surface area contributed by atoms with Gasteiger partial charge in [0, 0.05) is 12.6 Å². The van der Waals surface area contributed by atoms with E-state index in [1.807, 2.05) is 13.8 Å². The normalized spacial score (nSPS) is 11.8. The summed E-state index contributed by atoms with van der Waals surface area (Å²) in [4.78, 5) is 42.6. The van der Waals surface area contributed by atoms with Crippen molar-refractivity contribution in [1.82, 2.24) is 20.2 Å². The number of hydrogen-bond acceptors (Lipinski definition) is 7. The number of nitrogens with zero attached hydrogens (tertiary/aromatic N) is 2. The summed E-state index contributed by atoms with van der Waals surface area (Å²) in [6, 6.07) is 9.09. The van der Waals surface area contributed by atoms with Gasteiger partial charge in [-0.1, -0.05) is 26.0 Å². The molecule has 1 heterocycles. The van der Waals surface area contributed by atoms with Gasteiger partial charge in [0.05, 0.1) is 31.4 Å². The number of phenols is 1. The Balaban J connectivity index is 1.66. The van der Waals surface area contributed by atoms with Crippen molar-refractivity contribution in [3.8, 4) is 17.2 Å². The van der Waals surface area contributed by atoms with Crippen molar-refractivity contribution >= 4 is 22.7 Å². The number of carbonyl (C=O) groups is 2. The van der Waals surface area contributed by atoms with Crippen LogP contribution >= 0.6 is 0 Å². The van der Waals surface area contributed by atoms with Gasteiger partial charge in [-0.2, -0.15) is 0 Å². The molecule has 10 nitrogen and oxygen atoms in total. The third kappa shape index (κ3) is 6.28. The van der Waals surface area contributed by atoms with E-state index in [0.717, 1.165) is 5.56 Å². The van der Waals surface area contributed by atoms with Crippen molar-refractivity contribution in [2.45, 2.75) is 32.9 Å². The van der Waals surface area contributed by atoms with Gasteiger partial charge in [-0.15, -0.1) is 0 Å². The van der Waals surface area contributed by atoms with Crippen LogP contribution in [0.15, 0.2) is 47.5 Å². The highest BCUT2D eigenvalue weighted by molar-refractivity contribution is 5.88. The molecule has 186 valence electrons. The molecule has 1 aromatic heterocycles. The van der Waals surface area contributed by atoms with Gasteiger partial charge in [-0.05, 0) is 36.1 Å². The van der Waals surface area contributed by atoms with Crippen molar-refractivity contribution in [2.24, 2.45) is 5.92 Å². The monoisotopic (exact) mass is 482 g/mol. The zero-order valence-electron chi connectivity index (χ0n) is 20.2. The zero-order valence-corrected chi connectivity index (χ0v) is 20.2. The average molecular weight is 483 g/mol. The van der Waals surface area contributed by atoms with E-state index in [2.05, 4.69) is 15.6 Å². The largest absolute Gasteiger partial charge is 0.508 e. The second kappa shape index (κ2) is 11.4. The van der Waals surface area contributed by atoms with Crippen molar-refractivity contribution in [1.29, 1.82) is 0 Å². The lowest BCUT2D eigenvalue weighted by molar-refractivity contribution is -0.130. The van der Waals surface area contributed by atoms with Gasteiger partial charge in [0.1, 0.15) is 18.3 Å². The molecule has 0 saturated heterocycles. The van der Waals surface area contributed by atoms with Gasteiger partial charge in [0.25, 0.3) is 5.56 Å². The molecule has 3 aromatic rings. The molecule has 3 rings (SSSR count). The number of amides is 2. The fourth-order valence-corrected chi connectivity index (χ4v) is 3.61. The summed E-state index contributed by atoms with van der Waals surface area (Å²) in [5.41, 5.74) is 0.966. The van der Waals surface area contributed by atoms with Crippen LogP contribution in [0.3, 0.4) is 0 Å². The molecule has 0 aliphatic carbocycles. The molecular formula is C25H30N4O6. The third-order valence-corrected chi connectivity index (χ3v) is 5.56. The van der Waals surface area contributed by atoms with Crippen LogP contribution in [0, 0.1) is 5.92 Å². The van der Waals surface area contributed by atoms with E-state index in [9.17, 15) is 19.5 Å². The lowest BCUT2D eigenvalue weighted by Gasteiger charge is -2.22. The minimum Gasteiger partial charge on any atom is -0.508 e. The summed E-state index contributed by atoms with van der Waals surface area (Å²) < 4.78 is 11.7. The summed E-state index contributed by atoms with van der Waals surface area (Å²) in [6.45, 7) is 3.74. The van der Waals surface area contributed by atoms with Crippen molar-refractivity contribution in [3.05, 3.63) is 58.6 Å². The number of phenolic OH excluding ortho intramolecular Hbond substituents is 1. The number of benzene rings is 2.